The molecule has 0 atom stereocenters. The van der Waals surface area contributed by atoms with Crippen molar-refractivity contribution in [3.05, 3.63) is 58.3 Å². The highest BCUT2D eigenvalue weighted by molar-refractivity contribution is 6.02. The second-order valence-electron chi connectivity index (χ2n) is 3.80. The fraction of sp³-hybridized carbons (Fsp3) is 0.154. The second kappa shape index (κ2) is 5.27. The molecule has 0 aliphatic rings. The van der Waals surface area contributed by atoms with Gasteiger partial charge in [-0.25, -0.2) is 4.98 Å². The van der Waals surface area contributed by atoms with Crippen LogP contribution in [0.2, 0.25) is 0 Å². The summed E-state index contributed by atoms with van der Waals surface area (Å²) < 4.78 is 0. The Morgan fingerprint density at radius 2 is 2.06 bits per heavy atom. The van der Waals surface area contributed by atoms with Gasteiger partial charge in [-0.1, -0.05) is 19.1 Å². The maximum Gasteiger partial charge on any atom is 0.274 e. The van der Waals surface area contributed by atoms with Crippen LogP contribution in [-0.4, -0.2) is 15.9 Å². The first kappa shape index (κ1) is 12.0. The number of nitrogens with zero attached hydrogens (tertiary/aromatic N) is 1. The van der Waals surface area contributed by atoms with Crippen molar-refractivity contribution in [3.8, 4) is 0 Å². The van der Waals surface area contributed by atoms with Crippen LogP contribution < -0.4 is 10.9 Å². The lowest BCUT2D eigenvalue weighted by molar-refractivity contribution is 0.102. The standard InChI is InChI=1S/C13H13N3O2/c1-2-9-3-5-10(6-4-9)16-13(18)11-7-12(17)15-8-14-11/h3-8H,2H2,1H3,(H,16,18)(H,14,15,17). The minimum absolute atomic E-state index is 0.0957. The molecule has 1 aromatic carbocycles. The Balaban J connectivity index is 2.13. The number of rotatable bonds is 3. The van der Waals surface area contributed by atoms with Crippen molar-refractivity contribution in [2.24, 2.45) is 0 Å². The molecule has 5 heteroatoms. The summed E-state index contributed by atoms with van der Waals surface area (Å²) in [5, 5.41) is 2.68. The molecule has 0 unspecified atom stereocenters. The number of hydrogen-bond donors (Lipinski definition) is 2. The van der Waals surface area contributed by atoms with Gasteiger partial charge in [-0.15, -0.1) is 0 Å². The van der Waals surface area contributed by atoms with Gasteiger partial charge in [-0.05, 0) is 24.1 Å². The number of benzene rings is 1. The van der Waals surface area contributed by atoms with E-state index in [0.29, 0.717) is 5.69 Å². The number of H-pyrrole nitrogens is 1. The number of hydrogen-bond acceptors (Lipinski definition) is 3. The van der Waals surface area contributed by atoms with Crippen LogP contribution in [0.25, 0.3) is 0 Å². The van der Waals surface area contributed by atoms with Gasteiger partial charge < -0.3 is 10.3 Å². The zero-order valence-corrected chi connectivity index (χ0v) is 9.93. The van der Waals surface area contributed by atoms with Gasteiger partial charge in [-0.3, -0.25) is 9.59 Å². The molecule has 5 nitrogen and oxygen atoms in total. The highest BCUT2D eigenvalue weighted by atomic mass is 16.2. The van der Waals surface area contributed by atoms with Crippen molar-refractivity contribution in [3.63, 3.8) is 0 Å². The van der Waals surface area contributed by atoms with Crippen LogP contribution >= 0.6 is 0 Å². The third kappa shape index (κ3) is 2.82. The predicted molar refractivity (Wildman–Crippen MR) is 68.6 cm³/mol. The maximum atomic E-state index is 11.8. The Kier molecular flexibility index (Phi) is 3.52. The van der Waals surface area contributed by atoms with Crippen molar-refractivity contribution in [2.45, 2.75) is 13.3 Å². The number of carbonyl (C=O) groups excluding carboxylic acids is 1. The fourth-order valence-corrected chi connectivity index (χ4v) is 1.51. The Labute approximate surface area is 104 Å². The van der Waals surface area contributed by atoms with E-state index in [2.05, 4.69) is 22.2 Å². The number of amides is 1. The lowest BCUT2D eigenvalue weighted by Crippen LogP contribution is -2.17. The Morgan fingerprint density at radius 1 is 1.33 bits per heavy atom. The first-order valence-corrected chi connectivity index (χ1v) is 5.64. The molecule has 2 N–H and O–H groups in total. The second-order valence-corrected chi connectivity index (χ2v) is 3.80. The van der Waals surface area contributed by atoms with Crippen LogP contribution in [0.4, 0.5) is 5.69 Å². The topological polar surface area (TPSA) is 74.8 Å². The molecular formula is C13H13N3O2. The summed E-state index contributed by atoms with van der Waals surface area (Å²) in [4.78, 5) is 29.0. The lowest BCUT2D eigenvalue weighted by Gasteiger charge is -2.05. The molecule has 2 rings (SSSR count). The summed E-state index contributed by atoms with van der Waals surface area (Å²) in [6, 6.07) is 8.70. The molecule has 2 aromatic rings. The molecule has 92 valence electrons. The SMILES string of the molecule is CCc1ccc(NC(=O)c2cc(=O)[nH]cn2)cc1. The van der Waals surface area contributed by atoms with Gasteiger partial charge in [0.2, 0.25) is 0 Å². The fourth-order valence-electron chi connectivity index (χ4n) is 1.51. The molecule has 0 spiro atoms. The molecule has 18 heavy (non-hydrogen) atoms. The molecule has 0 saturated heterocycles. The Hall–Kier alpha value is -2.43. The molecular weight excluding hydrogens is 230 g/mol. The summed E-state index contributed by atoms with van der Waals surface area (Å²) in [7, 11) is 0. The van der Waals surface area contributed by atoms with Crippen molar-refractivity contribution in [1.29, 1.82) is 0 Å². The van der Waals surface area contributed by atoms with Crippen molar-refractivity contribution in [1.82, 2.24) is 9.97 Å². The first-order chi connectivity index (χ1) is 8.69. The van der Waals surface area contributed by atoms with Crippen LogP contribution in [0.3, 0.4) is 0 Å². The van der Waals surface area contributed by atoms with Gasteiger partial charge in [0.1, 0.15) is 5.69 Å². The highest BCUT2D eigenvalue weighted by Gasteiger charge is 2.07. The van der Waals surface area contributed by atoms with Gasteiger partial charge in [0.05, 0.1) is 6.33 Å². The van der Waals surface area contributed by atoms with E-state index in [1.807, 2.05) is 24.3 Å². The lowest BCUT2D eigenvalue weighted by atomic mass is 10.1. The van der Waals surface area contributed by atoms with E-state index >= 15 is 0 Å². The van der Waals surface area contributed by atoms with E-state index in [4.69, 9.17) is 0 Å². The smallest absolute Gasteiger partial charge is 0.274 e. The first-order valence-electron chi connectivity index (χ1n) is 5.64. The van der Waals surface area contributed by atoms with Crippen molar-refractivity contribution in [2.75, 3.05) is 5.32 Å². The van der Waals surface area contributed by atoms with Crippen LogP contribution in [-0.2, 0) is 6.42 Å². The average molecular weight is 243 g/mol. The van der Waals surface area contributed by atoms with Gasteiger partial charge in [0, 0.05) is 11.8 Å². The molecule has 0 aliphatic heterocycles. The minimum atomic E-state index is -0.398. The normalized spacial score (nSPS) is 10.1. The summed E-state index contributed by atoms with van der Waals surface area (Å²) in [5.74, 6) is -0.398. The van der Waals surface area contributed by atoms with Crippen LogP contribution in [0.15, 0.2) is 41.5 Å². The zero-order valence-electron chi connectivity index (χ0n) is 9.93. The number of aryl methyl sites for hydroxylation is 1. The Morgan fingerprint density at radius 3 is 2.67 bits per heavy atom. The van der Waals surface area contributed by atoms with E-state index in [1.54, 1.807) is 0 Å². The number of carbonyl (C=O) groups is 1. The van der Waals surface area contributed by atoms with Crippen molar-refractivity contribution < 1.29 is 4.79 Å². The molecule has 0 aliphatic carbocycles. The number of anilines is 1. The summed E-state index contributed by atoms with van der Waals surface area (Å²) in [5.41, 5.74) is 1.62. The highest BCUT2D eigenvalue weighted by Crippen LogP contribution is 2.10. The number of aromatic nitrogens is 2. The zero-order chi connectivity index (χ0) is 13.0. The van der Waals surface area contributed by atoms with Crippen LogP contribution in [0.5, 0.6) is 0 Å². The monoisotopic (exact) mass is 243 g/mol. The number of aromatic amines is 1. The summed E-state index contributed by atoms with van der Waals surface area (Å²) in [6.45, 7) is 2.06. The largest absolute Gasteiger partial charge is 0.321 e. The molecule has 0 bridgehead atoms. The van der Waals surface area contributed by atoms with Gasteiger partial charge in [-0.2, -0.15) is 0 Å². The predicted octanol–water partition coefficient (Wildman–Crippen LogP) is 1.58. The van der Waals surface area contributed by atoms with Crippen LogP contribution in [0.1, 0.15) is 23.0 Å². The quantitative estimate of drug-likeness (QED) is 0.859. The molecule has 1 amide bonds. The third-order valence-corrected chi connectivity index (χ3v) is 2.53. The van der Waals surface area contributed by atoms with E-state index in [0.717, 1.165) is 12.5 Å². The van der Waals surface area contributed by atoms with E-state index in [9.17, 15) is 9.59 Å². The molecule has 0 fully saturated rings. The Bertz CT molecular complexity index is 602. The van der Waals surface area contributed by atoms with Crippen molar-refractivity contribution >= 4 is 11.6 Å². The molecule has 0 saturated carbocycles. The molecule has 0 radical (unpaired) electrons. The van der Waals surface area contributed by atoms with E-state index < -0.39 is 5.91 Å². The average Bonchev–Trinajstić information content (AvgIpc) is 2.39. The van der Waals surface area contributed by atoms with Gasteiger partial charge in [0.25, 0.3) is 11.5 Å². The van der Waals surface area contributed by atoms with Crippen LogP contribution in [0, 0.1) is 0 Å². The van der Waals surface area contributed by atoms with Gasteiger partial charge >= 0.3 is 0 Å². The summed E-state index contributed by atoms with van der Waals surface area (Å²) in [6.07, 6.45) is 2.15. The maximum absolute atomic E-state index is 11.8. The molecule has 1 heterocycles. The minimum Gasteiger partial charge on any atom is -0.321 e. The third-order valence-electron chi connectivity index (χ3n) is 2.53. The van der Waals surface area contributed by atoms with Gasteiger partial charge in [0.15, 0.2) is 0 Å². The van der Waals surface area contributed by atoms with E-state index in [-0.39, 0.29) is 11.3 Å². The molecule has 1 aromatic heterocycles. The summed E-state index contributed by atoms with van der Waals surface area (Å²) >= 11 is 0. The number of nitrogens with one attached hydrogen (secondary N) is 2. The van der Waals surface area contributed by atoms with E-state index in [1.165, 1.54) is 11.9 Å².